The standard InChI is InChI=1S/C17H17F3N2O3/c18-17(19,20)25-14-7-2-1-6-13(14)24-16(12-5-3-4-8-22-12)15-11-21-9-10-23-15/h1-8,15-16,21H,9-11H2/t15-,16-/m0/s1. The van der Waals surface area contributed by atoms with Crippen LogP contribution in [0.1, 0.15) is 11.8 Å². The molecule has 0 spiro atoms. The lowest BCUT2D eigenvalue weighted by Crippen LogP contribution is -2.43. The van der Waals surface area contributed by atoms with Gasteiger partial charge in [-0.2, -0.15) is 0 Å². The molecule has 1 saturated heterocycles. The second-order valence-corrected chi connectivity index (χ2v) is 5.40. The molecule has 2 atom stereocenters. The average Bonchev–Trinajstić information content (AvgIpc) is 2.61. The number of morpholine rings is 1. The molecule has 8 heteroatoms. The van der Waals surface area contributed by atoms with Gasteiger partial charge in [0, 0.05) is 19.3 Å². The molecule has 5 nitrogen and oxygen atoms in total. The molecule has 0 radical (unpaired) electrons. The van der Waals surface area contributed by atoms with Crippen molar-refractivity contribution >= 4 is 0 Å². The van der Waals surface area contributed by atoms with E-state index in [1.165, 1.54) is 18.2 Å². The number of alkyl halides is 3. The van der Waals surface area contributed by atoms with Crippen molar-refractivity contribution in [1.29, 1.82) is 0 Å². The summed E-state index contributed by atoms with van der Waals surface area (Å²) in [4.78, 5) is 4.26. The lowest BCUT2D eigenvalue weighted by atomic mass is 10.1. The molecule has 0 unspecified atom stereocenters. The van der Waals surface area contributed by atoms with E-state index in [2.05, 4.69) is 15.0 Å². The van der Waals surface area contributed by atoms with Crippen LogP contribution in [0.2, 0.25) is 0 Å². The van der Waals surface area contributed by atoms with Gasteiger partial charge in [-0.05, 0) is 24.3 Å². The molecule has 1 aromatic carbocycles. The first kappa shape index (κ1) is 17.5. The molecule has 2 heterocycles. The number of rotatable bonds is 5. The summed E-state index contributed by atoms with van der Waals surface area (Å²) in [5.74, 6) is -0.427. The molecule has 1 fully saturated rings. The second-order valence-electron chi connectivity index (χ2n) is 5.40. The van der Waals surface area contributed by atoms with Crippen LogP contribution >= 0.6 is 0 Å². The third kappa shape index (κ3) is 4.83. The first-order valence-corrected chi connectivity index (χ1v) is 7.77. The number of nitrogens with zero attached hydrogens (tertiary/aromatic N) is 1. The van der Waals surface area contributed by atoms with E-state index in [4.69, 9.17) is 9.47 Å². The van der Waals surface area contributed by atoms with Crippen LogP contribution in [0.4, 0.5) is 13.2 Å². The predicted octanol–water partition coefficient (Wildman–Crippen LogP) is 3.09. The van der Waals surface area contributed by atoms with Crippen molar-refractivity contribution in [3.8, 4) is 11.5 Å². The van der Waals surface area contributed by atoms with E-state index in [0.717, 1.165) is 0 Å². The van der Waals surface area contributed by atoms with Gasteiger partial charge in [-0.25, -0.2) is 0 Å². The van der Waals surface area contributed by atoms with E-state index in [1.54, 1.807) is 30.5 Å². The molecule has 0 saturated carbocycles. The molecule has 0 aliphatic carbocycles. The summed E-state index contributed by atoms with van der Waals surface area (Å²) in [7, 11) is 0. The minimum atomic E-state index is -4.80. The van der Waals surface area contributed by atoms with Gasteiger partial charge in [0.2, 0.25) is 0 Å². The lowest BCUT2D eigenvalue weighted by Gasteiger charge is -2.31. The molecule has 134 valence electrons. The van der Waals surface area contributed by atoms with Crippen molar-refractivity contribution in [1.82, 2.24) is 10.3 Å². The Bertz CT molecular complexity index is 676. The Labute approximate surface area is 142 Å². The highest BCUT2D eigenvalue weighted by Crippen LogP contribution is 2.35. The fraction of sp³-hybridized carbons (Fsp3) is 0.353. The SMILES string of the molecule is FC(F)(F)Oc1ccccc1O[C@@H](c1ccccn1)[C@@H]1CNCCO1. The molecule has 0 bridgehead atoms. The summed E-state index contributed by atoms with van der Waals surface area (Å²) in [6, 6.07) is 10.9. The number of halogens is 3. The van der Waals surface area contributed by atoms with Crippen LogP contribution in [0.15, 0.2) is 48.7 Å². The van der Waals surface area contributed by atoms with Crippen molar-refractivity contribution in [2.24, 2.45) is 0 Å². The summed E-state index contributed by atoms with van der Waals surface area (Å²) in [5.41, 5.74) is 0.568. The van der Waals surface area contributed by atoms with Crippen LogP contribution in [-0.2, 0) is 4.74 Å². The van der Waals surface area contributed by atoms with E-state index < -0.39 is 18.2 Å². The lowest BCUT2D eigenvalue weighted by molar-refractivity contribution is -0.275. The largest absolute Gasteiger partial charge is 0.573 e. The van der Waals surface area contributed by atoms with E-state index in [9.17, 15) is 13.2 Å². The van der Waals surface area contributed by atoms with Gasteiger partial charge in [0.25, 0.3) is 0 Å². The number of nitrogens with one attached hydrogen (secondary N) is 1. The summed E-state index contributed by atoms with van der Waals surface area (Å²) < 4.78 is 53.5. The third-order valence-electron chi connectivity index (χ3n) is 3.60. The number of aromatic nitrogens is 1. The van der Waals surface area contributed by atoms with Crippen LogP contribution in [0.5, 0.6) is 11.5 Å². The van der Waals surface area contributed by atoms with E-state index in [1.807, 2.05) is 0 Å². The van der Waals surface area contributed by atoms with Crippen LogP contribution in [-0.4, -0.2) is 37.1 Å². The minimum Gasteiger partial charge on any atom is -0.477 e. The summed E-state index contributed by atoms with van der Waals surface area (Å²) in [6.45, 7) is 1.70. The van der Waals surface area contributed by atoms with E-state index in [0.29, 0.717) is 25.4 Å². The van der Waals surface area contributed by atoms with Gasteiger partial charge in [-0.3, -0.25) is 4.98 Å². The number of benzene rings is 1. The zero-order valence-electron chi connectivity index (χ0n) is 13.2. The van der Waals surface area contributed by atoms with Gasteiger partial charge in [0.1, 0.15) is 6.10 Å². The highest BCUT2D eigenvalue weighted by Gasteiger charge is 2.34. The molecule has 25 heavy (non-hydrogen) atoms. The van der Waals surface area contributed by atoms with E-state index in [-0.39, 0.29) is 11.9 Å². The van der Waals surface area contributed by atoms with E-state index >= 15 is 0 Å². The van der Waals surface area contributed by atoms with Crippen LogP contribution < -0.4 is 14.8 Å². The zero-order valence-corrected chi connectivity index (χ0v) is 13.2. The number of para-hydroxylation sites is 2. The van der Waals surface area contributed by atoms with Gasteiger partial charge < -0.3 is 19.5 Å². The van der Waals surface area contributed by atoms with Gasteiger partial charge in [0.15, 0.2) is 17.6 Å². The maximum absolute atomic E-state index is 12.6. The van der Waals surface area contributed by atoms with Crippen molar-refractivity contribution in [3.63, 3.8) is 0 Å². The van der Waals surface area contributed by atoms with Crippen LogP contribution in [0.3, 0.4) is 0 Å². The number of pyridine rings is 1. The molecular weight excluding hydrogens is 337 g/mol. The van der Waals surface area contributed by atoms with Crippen molar-refractivity contribution in [2.75, 3.05) is 19.7 Å². The smallest absolute Gasteiger partial charge is 0.477 e. The molecule has 1 aliphatic rings. The molecule has 1 aromatic heterocycles. The average molecular weight is 354 g/mol. The fourth-order valence-corrected chi connectivity index (χ4v) is 2.54. The first-order valence-electron chi connectivity index (χ1n) is 7.77. The maximum Gasteiger partial charge on any atom is 0.573 e. The quantitative estimate of drug-likeness (QED) is 0.894. The molecular formula is C17H17F3N2O3. The number of hydrogen-bond donors (Lipinski definition) is 1. The normalized spacial score (nSPS) is 19.2. The Morgan fingerprint density at radius 3 is 2.52 bits per heavy atom. The highest BCUT2D eigenvalue weighted by atomic mass is 19.4. The molecule has 3 rings (SSSR count). The second kappa shape index (κ2) is 7.71. The Morgan fingerprint density at radius 1 is 1.12 bits per heavy atom. The van der Waals surface area contributed by atoms with Crippen LogP contribution in [0, 0.1) is 0 Å². The summed E-state index contributed by atoms with van der Waals surface area (Å²) >= 11 is 0. The molecule has 2 aromatic rings. The van der Waals surface area contributed by atoms with Crippen molar-refractivity contribution in [2.45, 2.75) is 18.6 Å². The molecule has 0 amide bonds. The summed E-state index contributed by atoms with van der Waals surface area (Å²) in [5, 5.41) is 3.18. The minimum absolute atomic E-state index is 0.0235. The molecule has 1 aliphatic heterocycles. The van der Waals surface area contributed by atoms with Crippen molar-refractivity contribution < 1.29 is 27.4 Å². The first-order chi connectivity index (χ1) is 12.0. The van der Waals surface area contributed by atoms with Gasteiger partial charge in [-0.1, -0.05) is 18.2 Å². The predicted molar refractivity (Wildman–Crippen MR) is 83.3 cm³/mol. The van der Waals surface area contributed by atoms with Gasteiger partial charge >= 0.3 is 6.36 Å². The van der Waals surface area contributed by atoms with Gasteiger partial charge in [-0.15, -0.1) is 13.2 Å². The maximum atomic E-state index is 12.6. The number of ether oxygens (including phenoxy) is 3. The third-order valence-corrected chi connectivity index (χ3v) is 3.60. The summed E-state index contributed by atoms with van der Waals surface area (Å²) in [6.07, 6.45) is -4.27. The van der Waals surface area contributed by atoms with Gasteiger partial charge in [0.05, 0.1) is 12.3 Å². The van der Waals surface area contributed by atoms with Crippen LogP contribution in [0.25, 0.3) is 0 Å². The Balaban J connectivity index is 1.88. The Morgan fingerprint density at radius 2 is 1.88 bits per heavy atom. The Kier molecular flexibility index (Phi) is 5.40. The van der Waals surface area contributed by atoms with Crippen molar-refractivity contribution in [3.05, 3.63) is 54.4 Å². The monoisotopic (exact) mass is 354 g/mol. The Hall–Kier alpha value is -2.32. The fourth-order valence-electron chi connectivity index (χ4n) is 2.54. The topological polar surface area (TPSA) is 52.6 Å². The number of hydrogen-bond acceptors (Lipinski definition) is 5. The zero-order chi connectivity index (χ0) is 17.7. The molecule has 1 N–H and O–H groups in total. The highest BCUT2D eigenvalue weighted by molar-refractivity contribution is 5.40.